The second kappa shape index (κ2) is 6.38. The summed E-state index contributed by atoms with van der Waals surface area (Å²) in [5.74, 6) is 0.761. The van der Waals surface area contributed by atoms with E-state index in [4.69, 9.17) is 0 Å². The molecule has 2 unspecified atom stereocenters. The Kier molecular flexibility index (Phi) is 4.82. The van der Waals surface area contributed by atoms with Gasteiger partial charge in [0.15, 0.2) is 0 Å². The maximum absolute atomic E-state index is 3.66. The van der Waals surface area contributed by atoms with E-state index in [-0.39, 0.29) is 0 Å². The third-order valence-corrected chi connectivity index (χ3v) is 4.29. The third-order valence-electron chi connectivity index (χ3n) is 4.29. The highest BCUT2D eigenvalue weighted by Crippen LogP contribution is 2.33. The summed E-state index contributed by atoms with van der Waals surface area (Å²) in [5, 5.41) is 3.66. The standard InChI is InChI=1S/C17H27N/c1-4-18-16-8-6-5-7-15(12-16)17-11-13(2)9-10-14(17)3/h9-11,15-16,18H,4-8,12H2,1-3H3. The minimum atomic E-state index is 0.724. The number of hydrogen-bond acceptors (Lipinski definition) is 1. The van der Waals surface area contributed by atoms with E-state index in [1.807, 2.05) is 0 Å². The zero-order valence-corrected chi connectivity index (χ0v) is 12.1. The first-order valence-electron chi connectivity index (χ1n) is 7.51. The van der Waals surface area contributed by atoms with Crippen molar-refractivity contribution in [1.29, 1.82) is 0 Å². The molecule has 0 radical (unpaired) electrons. The second-order valence-electron chi connectivity index (χ2n) is 5.83. The highest BCUT2D eigenvalue weighted by Gasteiger charge is 2.21. The average molecular weight is 245 g/mol. The molecule has 1 fully saturated rings. The molecule has 2 rings (SSSR count). The SMILES string of the molecule is CCNC1CCCCC(c2cc(C)ccc2C)C1. The van der Waals surface area contributed by atoms with Gasteiger partial charge in [-0.1, -0.05) is 43.5 Å². The van der Waals surface area contributed by atoms with Crippen LogP contribution in [0.25, 0.3) is 0 Å². The molecule has 0 amide bonds. The lowest BCUT2D eigenvalue weighted by molar-refractivity contribution is 0.448. The summed E-state index contributed by atoms with van der Waals surface area (Å²) < 4.78 is 0. The number of nitrogens with one attached hydrogen (secondary N) is 1. The van der Waals surface area contributed by atoms with E-state index < -0.39 is 0 Å². The van der Waals surface area contributed by atoms with Crippen LogP contribution in [-0.2, 0) is 0 Å². The summed E-state index contributed by atoms with van der Waals surface area (Å²) in [6.07, 6.45) is 6.82. The van der Waals surface area contributed by atoms with Crippen LogP contribution in [0.5, 0.6) is 0 Å². The molecule has 1 aliphatic rings. The smallest absolute Gasteiger partial charge is 0.00727 e. The summed E-state index contributed by atoms with van der Waals surface area (Å²) >= 11 is 0. The number of aryl methyl sites for hydroxylation is 2. The fraction of sp³-hybridized carbons (Fsp3) is 0.647. The molecule has 1 aliphatic carbocycles. The molecule has 1 N–H and O–H groups in total. The molecule has 1 aromatic rings. The fourth-order valence-corrected chi connectivity index (χ4v) is 3.32. The van der Waals surface area contributed by atoms with Gasteiger partial charge in [0.25, 0.3) is 0 Å². The minimum Gasteiger partial charge on any atom is -0.314 e. The molecule has 18 heavy (non-hydrogen) atoms. The topological polar surface area (TPSA) is 12.0 Å². The van der Waals surface area contributed by atoms with Crippen LogP contribution in [0.2, 0.25) is 0 Å². The summed E-state index contributed by atoms with van der Waals surface area (Å²) in [7, 11) is 0. The molecular formula is C17H27N. The Bertz CT molecular complexity index is 383. The second-order valence-corrected chi connectivity index (χ2v) is 5.83. The van der Waals surface area contributed by atoms with Crippen molar-refractivity contribution >= 4 is 0 Å². The average Bonchev–Trinajstić information content (AvgIpc) is 2.58. The summed E-state index contributed by atoms with van der Waals surface area (Å²) in [5.41, 5.74) is 4.47. The van der Waals surface area contributed by atoms with Gasteiger partial charge in [-0.15, -0.1) is 0 Å². The van der Waals surface area contributed by atoms with Crippen LogP contribution >= 0.6 is 0 Å². The van der Waals surface area contributed by atoms with Crippen molar-refractivity contribution in [2.45, 2.75) is 64.8 Å². The Morgan fingerprint density at radius 2 is 1.94 bits per heavy atom. The van der Waals surface area contributed by atoms with Gasteiger partial charge in [-0.25, -0.2) is 0 Å². The van der Waals surface area contributed by atoms with E-state index in [1.54, 1.807) is 5.56 Å². The molecule has 0 saturated heterocycles. The predicted octanol–water partition coefficient (Wildman–Crippen LogP) is 4.33. The van der Waals surface area contributed by atoms with Gasteiger partial charge in [-0.3, -0.25) is 0 Å². The molecule has 1 saturated carbocycles. The number of rotatable bonds is 3. The first-order chi connectivity index (χ1) is 8.70. The van der Waals surface area contributed by atoms with Gasteiger partial charge in [0.05, 0.1) is 0 Å². The molecule has 100 valence electrons. The fourth-order valence-electron chi connectivity index (χ4n) is 3.32. The van der Waals surface area contributed by atoms with Crippen LogP contribution in [0.15, 0.2) is 18.2 Å². The lowest BCUT2D eigenvalue weighted by Gasteiger charge is -2.23. The molecule has 2 atom stereocenters. The molecule has 0 aliphatic heterocycles. The van der Waals surface area contributed by atoms with Gasteiger partial charge < -0.3 is 5.32 Å². The maximum Gasteiger partial charge on any atom is 0.00727 e. The van der Waals surface area contributed by atoms with Crippen molar-refractivity contribution in [2.75, 3.05) is 6.54 Å². The molecule has 1 nitrogen and oxygen atoms in total. The van der Waals surface area contributed by atoms with Crippen LogP contribution in [0.1, 0.15) is 61.6 Å². The Morgan fingerprint density at radius 3 is 2.72 bits per heavy atom. The van der Waals surface area contributed by atoms with Gasteiger partial charge in [-0.05, 0) is 56.7 Å². The van der Waals surface area contributed by atoms with Crippen LogP contribution in [0, 0.1) is 13.8 Å². The van der Waals surface area contributed by atoms with Crippen molar-refractivity contribution in [3.63, 3.8) is 0 Å². The monoisotopic (exact) mass is 245 g/mol. The molecule has 0 aromatic heterocycles. The van der Waals surface area contributed by atoms with Crippen molar-refractivity contribution in [2.24, 2.45) is 0 Å². The van der Waals surface area contributed by atoms with Gasteiger partial charge in [-0.2, -0.15) is 0 Å². The quantitative estimate of drug-likeness (QED) is 0.782. The summed E-state index contributed by atoms with van der Waals surface area (Å²) in [6.45, 7) is 7.80. The van der Waals surface area contributed by atoms with Crippen molar-refractivity contribution in [1.82, 2.24) is 5.32 Å². The van der Waals surface area contributed by atoms with Crippen molar-refractivity contribution in [3.8, 4) is 0 Å². The molecule has 1 heteroatoms. The zero-order chi connectivity index (χ0) is 13.0. The van der Waals surface area contributed by atoms with E-state index in [2.05, 4.69) is 44.3 Å². The van der Waals surface area contributed by atoms with Crippen LogP contribution in [0.4, 0.5) is 0 Å². The molecule has 1 aromatic carbocycles. The van der Waals surface area contributed by atoms with E-state index >= 15 is 0 Å². The van der Waals surface area contributed by atoms with E-state index in [0.717, 1.165) is 18.5 Å². The van der Waals surface area contributed by atoms with Gasteiger partial charge in [0.2, 0.25) is 0 Å². The Hall–Kier alpha value is -0.820. The van der Waals surface area contributed by atoms with E-state index in [1.165, 1.54) is 43.2 Å². The lowest BCUT2D eigenvalue weighted by Crippen LogP contribution is -2.29. The normalized spacial score (nSPS) is 24.8. The first kappa shape index (κ1) is 13.6. The number of hydrogen-bond donors (Lipinski definition) is 1. The Morgan fingerprint density at radius 1 is 1.17 bits per heavy atom. The van der Waals surface area contributed by atoms with Crippen LogP contribution in [-0.4, -0.2) is 12.6 Å². The Balaban J connectivity index is 2.16. The lowest BCUT2D eigenvalue weighted by atomic mass is 9.87. The molecular weight excluding hydrogens is 218 g/mol. The zero-order valence-electron chi connectivity index (χ0n) is 12.1. The van der Waals surface area contributed by atoms with E-state index in [9.17, 15) is 0 Å². The van der Waals surface area contributed by atoms with Crippen LogP contribution < -0.4 is 5.32 Å². The predicted molar refractivity (Wildman–Crippen MR) is 79.2 cm³/mol. The van der Waals surface area contributed by atoms with E-state index in [0.29, 0.717) is 0 Å². The highest BCUT2D eigenvalue weighted by atomic mass is 14.9. The Labute approximate surface area is 112 Å². The molecule has 0 bridgehead atoms. The number of benzene rings is 1. The van der Waals surface area contributed by atoms with Crippen molar-refractivity contribution < 1.29 is 0 Å². The van der Waals surface area contributed by atoms with Gasteiger partial charge >= 0.3 is 0 Å². The maximum atomic E-state index is 3.66. The molecule has 0 spiro atoms. The first-order valence-corrected chi connectivity index (χ1v) is 7.51. The highest BCUT2D eigenvalue weighted by molar-refractivity contribution is 5.33. The largest absolute Gasteiger partial charge is 0.314 e. The van der Waals surface area contributed by atoms with Crippen molar-refractivity contribution in [3.05, 3.63) is 34.9 Å². The summed E-state index contributed by atoms with van der Waals surface area (Å²) in [4.78, 5) is 0. The van der Waals surface area contributed by atoms with Gasteiger partial charge in [0.1, 0.15) is 0 Å². The van der Waals surface area contributed by atoms with Gasteiger partial charge in [0, 0.05) is 6.04 Å². The third kappa shape index (κ3) is 3.35. The van der Waals surface area contributed by atoms with Crippen LogP contribution in [0.3, 0.4) is 0 Å². The summed E-state index contributed by atoms with van der Waals surface area (Å²) in [6, 6.07) is 7.66. The molecule has 0 heterocycles. The minimum absolute atomic E-state index is 0.724.